The molecule has 1 aromatic heterocycles. The van der Waals surface area contributed by atoms with Gasteiger partial charge >= 0.3 is 18.9 Å². The summed E-state index contributed by atoms with van der Waals surface area (Å²) >= 11 is 5.72. The number of aromatic carboxylic acids is 1. The summed E-state index contributed by atoms with van der Waals surface area (Å²) in [5, 5.41) is 11.3. The Morgan fingerprint density at radius 1 is 1.31 bits per heavy atom. The quantitative estimate of drug-likeness (QED) is 0.553. The number of carbonyl (C=O) groups excluding carboxylic acids is 1. The van der Waals surface area contributed by atoms with Crippen molar-refractivity contribution in [2.75, 3.05) is 0 Å². The summed E-state index contributed by atoms with van der Waals surface area (Å²) in [6.45, 7) is 0. The second kappa shape index (κ2) is 5.22. The number of hydrogen-bond acceptors (Lipinski definition) is 3. The van der Waals surface area contributed by atoms with Crippen LogP contribution in [0.15, 0.2) is 36.7 Å². The number of halogens is 1. The fourth-order valence-corrected chi connectivity index (χ4v) is 1.39. The van der Waals surface area contributed by atoms with Crippen molar-refractivity contribution in [3.8, 4) is 5.69 Å². The summed E-state index contributed by atoms with van der Waals surface area (Å²) in [4.78, 5) is 14.4. The molecule has 0 amide bonds. The van der Waals surface area contributed by atoms with Crippen molar-refractivity contribution in [2.24, 2.45) is 0 Å². The molecule has 0 aliphatic carbocycles. The third kappa shape index (κ3) is 2.48. The monoisotopic (exact) mass is 228 g/mol. The van der Waals surface area contributed by atoms with Gasteiger partial charge in [-0.05, 0) is 24.3 Å². The molecular weight excluding hydrogens is 223 g/mol. The van der Waals surface area contributed by atoms with Crippen molar-refractivity contribution in [1.82, 2.24) is 9.55 Å². The van der Waals surface area contributed by atoms with Crippen LogP contribution in [0.25, 0.3) is 5.69 Å². The average molecular weight is 229 g/mol. The van der Waals surface area contributed by atoms with Crippen LogP contribution in [0.1, 0.15) is 10.6 Å². The van der Waals surface area contributed by atoms with Gasteiger partial charge in [0.05, 0.1) is 0 Å². The Morgan fingerprint density at radius 3 is 2.50 bits per heavy atom. The fraction of sp³-hybridized carbons (Fsp3) is 0. The van der Waals surface area contributed by atoms with E-state index in [9.17, 15) is 9.90 Å². The van der Waals surface area contributed by atoms with Gasteiger partial charge in [0.1, 0.15) is 5.97 Å². The van der Waals surface area contributed by atoms with Crippen LogP contribution in [0.4, 0.5) is 0 Å². The molecule has 1 aromatic carbocycles. The smallest absolute Gasteiger partial charge is 0.542 e. The second-order valence-electron chi connectivity index (χ2n) is 2.88. The number of imidazole rings is 1. The molecule has 2 aromatic rings. The van der Waals surface area contributed by atoms with Crippen molar-refractivity contribution in [3.63, 3.8) is 0 Å². The Labute approximate surface area is 109 Å². The maximum Gasteiger partial charge on any atom is 1.00 e. The molecule has 76 valence electrons. The Morgan fingerprint density at radius 2 is 1.94 bits per heavy atom. The van der Waals surface area contributed by atoms with Crippen molar-refractivity contribution >= 4 is 17.6 Å². The van der Waals surface area contributed by atoms with Gasteiger partial charge in [0, 0.05) is 23.1 Å². The van der Waals surface area contributed by atoms with Gasteiger partial charge in [0.2, 0.25) is 0 Å². The summed E-state index contributed by atoms with van der Waals surface area (Å²) in [5.74, 6) is -1.44. The number of nitrogens with zero attached hydrogens (tertiary/aromatic N) is 2. The van der Waals surface area contributed by atoms with E-state index in [1.54, 1.807) is 30.5 Å². The van der Waals surface area contributed by atoms with Crippen molar-refractivity contribution < 1.29 is 28.8 Å². The summed E-state index contributed by atoms with van der Waals surface area (Å²) in [7, 11) is 0. The molecule has 0 radical (unpaired) electrons. The van der Waals surface area contributed by atoms with Crippen LogP contribution in [-0.2, 0) is 0 Å². The standard InChI is InChI=1S/C10H7ClN2O2.Li/c11-7-1-3-8(4-2-7)13-6-5-12-9(13)10(14)15;/h1-6H,(H,14,15);/q;+1/p-1. The number of carboxylic acids is 1. The maximum atomic E-state index is 10.7. The Hall–Kier alpha value is -1.21. The molecule has 0 spiro atoms. The summed E-state index contributed by atoms with van der Waals surface area (Å²) in [6, 6.07) is 6.76. The molecule has 1 heterocycles. The molecule has 0 aliphatic rings. The minimum atomic E-state index is -1.31. The van der Waals surface area contributed by atoms with E-state index in [0.29, 0.717) is 10.7 Å². The van der Waals surface area contributed by atoms with Crippen LogP contribution in [0, 0.1) is 0 Å². The minimum absolute atomic E-state index is 0. The first kappa shape index (κ1) is 12.9. The van der Waals surface area contributed by atoms with Crippen LogP contribution < -0.4 is 24.0 Å². The third-order valence-electron chi connectivity index (χ3n) is 1.93. The molecule has 0 saturated heterocycles. The van der Waals surface area contributed by atoms with Gasteiger partial charge < -0.3 is 9.90 Å². The van der Waals surface area contributed by atoms with Crippen molar-refractivity contribution in [1.29, 1.82) is 0 Å². The van der Waals surface area contributed by atoms with E-state index in [-0.39, 0.29) is 24.7 Å². The number of benzene rings is 1. The molecule has 0 saturated carbocycles. The van der Waals surface area contributed by atoms with E-state index in [1.165, 1.54) is 10.8 Å². The van der Waals surface area contributed by atoms with Gasteiger partial charge in [0.25, 0.3) is 0 Å². The molecule has 0 atom stereocenters. The second-order valence-corrected chi connectivity index (χ2v) is 3.32. The average Bonchev–Trinajstić information content (AvgIpc) is 2.67. The zero-order valence-corrected chi connectivity index (χ0v) is 9.31. The van der Waals surface area contributed by atoms with E-state index in [4.69, 9.17) is 11.6 Å². The number of carbonyl (C=O) groups is 1. The molecular formula is C10H6ClLiN2O2. The van der Waals surface area contributed by atoms with Gasteiger partial charge in [-0.1, -0.05) is 11.6 Å². The molecule has 0 aliphatic heterocycles. The molecule has 2 rings (SSSR count). The summed E-state index contributed by atoms with van der Waals surface area (Å²) < 4.78 is 1.42. The van der Waals surface area contributed by atoms with E-state index in [2.05, 4.69) is 4.98 Å². The maximum absolute atomic E-state index is 10.7. The molecule has 16 heavy (non-hydrogen) atoms. The van der Waals surface area contributed by atoms with Crippen LogP contribution >= 0.6 is 11.6 Å². The molecule has 0 N–H and O–H groups in total. The van der Waals surface area contributed by atoms with Crippen LogP contribution in [0.5, 0.6) is 0 Å². The van der Waals surface area contributed by atoms with Gasteiger partial charge in [-0.25, -0.2) is 4.98 Å². The first-order valence-corrected chi connectivity index (χ1v) is 4.57. The van der Waals surface area contributed by atoms with Gasteiger partial charge in [0.15, 0.2) is 5.82 Å². The van der Waals surface area contributed by atoms with E-state index >= 15 is 0 Å². The normalized spacial score (nSPS) is 9.56. The molecule has 4 nitrogen and oxygen atoms in total. The zero-order valence-electron chi connectivity index (χ0n) is 8.55. The molecule has 0 fully saturated rings. The van der Waals surface area contributed by atoms with Crippen LogP contribution in [0.2, 0.25) is 5.02 Å². The summed E-state index contributed by atoms with van der Waals surface area (Å²) in [6.07, 6.45) is 2.95. The molecule has 0 bridgehead atoms. The largest absolute Gasteiger partial charge is 1.00 e. The number of hydrogen-bond donors (Lipinski definition) is 0. The van der Waals surface area contributed by atoms with E-state index in [1.807, 2.05) is 0 Å². The van der Waals surface area contributed by atoms with Gasteiger partial charge in [-0.3, -0.25) is 4.57 Å². The Bertz CT molecular complexity index is 496. The summed E-state index contributed by atoms with van der Waals surface area (Å²) in [5.41, 5.74) is 0.677. The number of carboxylic acid groups (broad SMARTS) is 1. The Kier molecular flexibility index (Phi) is 4.19. The fourth-order valence-electron chi connectivity index (χ4n) is 1.26. The minimum Gasteiger partial charge on any atom is -0.542 e. The third-order valence-corrected chi connectivity index (χ3v) is 2.18. The van der Waals surface area contributed by atoms with Crippen molar-refractivity contribution in [3.05, 3.63) is 47.5 Å². The number of aromatic nitrogens is 2. The van der Waals surface area contributed by atoms with Gasteiger partial charge in [-0.15, -0.1) is 0 Å². The first-order chi connectivity index (χ1) is 7.18. The van der Waals surface area contributed by atoms with Crippen molar-refractivity contribution in [2.45, 2.75) is 0 Å². The van der Waals surface area contributed by atoms with Crippen LogP contribution in [0.3, 0.4) is 0 Å². The topological polar surface area (TPSA) is 57.9 Å². The van der Waals surface area contributed by atoms with Gasteiger partial charge in [-0.2, -0.15) is 0 Å². The molecule has 6 heteroatoms. The predicted molar refractivity (Wildman–Crippen MR) is 52.9 cm³/mol. The molecule has 0 unspecified atom stereocenters. The van der Waals surface area contributed by atoms with E-state index < -0.39 is 5.97 Å². The SMILES string of the molecule is O=C([O-])c1nccn1-c1ccc(Cl)cc1.[Li+]. The Balaban J connectivity index is 0.00000128. The zero-order chi connectivity index (χ0) is 10.8. The first-order valence-electron chi connectivity index (χ1n) is 4.19. The predicted octanol–water partition coefficient (Wildman–Crippen LogP) is -2.11. The van der Waals surface area contributed by atoms with E-state index in [0.717, 1.165) is 0 Å². The van der Waals surface area contributed by atoms with Crippen LogP contribution in [-0.4, -0.2) is 15.5 Å². The number of rotatable bonds is 2.